The molecular weight excluding hydrogens is 272 g/mol. The molecule has 1 atom stereocenters. The van der Waals surface area contributed by atoms with E-state index in [4.69, 9.17) is 0 Å². The van der Waals surface area contributed by atoms with E-state index < -0.39 is 0 Å². The fourth-order valence-electron chi connectivity index (χ4n) is 2.07. The number of rotatable bonds is 4. The van der Waals surface area contributed by atoms with E-state index in [1.165, 1.54) is 4.88 Å². The third-order valence-electron chi connectivity index (χ3n) is 3.04. The molecule has 0 fully saturated rings. The highest BCUT2D eigenvalue weighted by Gasteiger charge is 2.12. The van der Waals surface area contributed by atoms with Crippen molar-refractivity contribution in [3.63, 3.8) is 0 Å². The molecule has 0 aliphatic heterocycles. The summed E-state index contributed by atoms with van der Waals surface area (Å²) in [5.74, 6) is -0.0843. The second kappa shape index (κ2) is 5.42. The molecule has 0 aliphatic rings. The molecule has 3 rings (SSSR count). The number of nitrogens with one attached hydrogen (secondary N) is 2. The van der Waals surface area contributed by atoms with Crippen LogP contribution in [0.15, 0.2) is 35.7 Å². The molecular formula is C14H14N4OS. The van der Waals surface area contributed by atoms with Crippen molar-refractivity contribution in [1.82, 2.24) is 20.7 Å². The van der Waals surface area contributed by atoms with Crippen LogP contribution in [-0.4, -0.2) is 27.4 Å². The lowest BCUT2D eigenvalue weighted by Crippen LogP contribution is -2.33. The van der Waals surface area contributed by atoms with Crippen LogP contribution in [-0.2, 0) is 6.42 Å². The SMILES string of the molecule is C[C@H](Cc1cccs1)NC(=O)c1ccc2n[nH]nc2c1. The molecule has 0 radical (unpaired) electrons. The van der Waals surface area contributed by atoms with Crippen LogP contribution in [0.3, 0.4) is 0 Å². The predicted molar refractivity (Wildman–Crippen MR) is 78.8 cm³/mol. The van der Waals surface area contributed by atoms with Gasteiger partial charge >= 0.3 is 0 Å². The van der Waals surface area contributed by atoms with Crippen molar-refractivity contribution in [2.45, 2.75) is 19.4 Å². The van der Waals surface area contributed by atoms with E-state index in [1.54, 1.807) is 29.5 Å². The maximum Gasteiger partial charge on any atom is 0.251 e. The minimum absolute atomic E-state index is 0.0843. The Bertz CT molecular complexity index is 720. The molecule has 2 N–H and O–H groups in total. The fourth-order valence-corrected chi connectivity index (χ4v) is 2.91. The van der Waals surface area contributed by atoms with Crippen LogP contribution in [0.4, 0.5) is 0 Å². The van der Waals surface area contributed by atoms with E-state index >= 15 is 0 Å². The molecule has 3 aromatic rings. The van der Waals surface area contributed by atoms with Gasteiger partial charge in [0, 0.05) is 22.9 Å². The molecule has 1 amide bonds. The van der Waals surface area contributed by atoms with Crippen molar-refractivity contribution in [2.75, 3.05) is 0 Å². The van der Waals surface area contributed by atoms with Gasteiger partial charge in [-0.3, -0.25) is 4.79 Å². The van der Waals surface area contributed by atoms with Gasteiger partial charge in [0.2, 0.25) is 0 Å². The molecule has 0 aliphatic carbocycles. The molecule has 6 heteroatoms. The molecule has 102 valence electrons. The van der Waals surface area contributed by atoms with Crippen molar-refractivity contribution in [2.24, 2.45) is 0 Å². The summed E-state index contributed by atoms with van der Waals surface area (Å²) in [6.45, 7) is 2.01. The molecule has 2 aromatic heterocycles. The number of fused-ring (bicyclic) bond motifs is 1. The molecule has 5 nitrogen and oxygen atoms in total. The van der Waals surface area contributed by atoms with Crippen molar-refractivity contribution in [3.05, 3.63) is 46.2 Å². The van der Waals surface area contributed by atoms with Crippen LogP contribution in [0.5, 0.6) is 0 Å². The summed E-state index contributed by atoms with van der Waals surface area (Å²) in [4.78, 5) is 13.5. The number of H-pyrrole nitrogens is 1. The van der Waals surface area contributed by atoms with Gasteiger partial charge in [-0.05, 0) is 36.6 Å². The van der Waals surface area contributed by atoms with Gasteiger partial charge in [0.05, 0.1) is 0 Å². The summed E-state index contributed by atoms with van der Waals surface area (Å²) in [7, 11) is 0. The van der Waals surface area contributed by atoms with Gasteiger partial charge in [-0.1, -0.05) is 6.07 Å². The summed E-state index contributed by atoms with van der Waals surface area (Å²) < 4.78 is 0. The monoisotopic (exact) mass is 286 g/mol. The number of thiophene rings is 1. The Labute approximate surface area is 120 Å². The highest BCUT2D eigenvalue weighted by Crippen LogP contribution is 2.13. The van der Waals surface area contributed by atoms with Crippen molar-refractivity contribution < 1.29 is 4.79 Å². The van der Waals surface area contributed by atoms with E-state index in [2.05, 4.69) is 26.8 Å². The van der Waals surface area contributed by atoms with E-state index in [0.29, 0.717) is 11.1 Å². The van der Waals surface area contributed by atoms with Gasteiger partial charge in [0.25, 0.3) is 5.91 Å². The first-order valence-electron chi connectivity index (χ1n) is 6.36. The second-order valence-electron chi connectivity index (χ2n) is 4.69. The Morgan fingerprint density at radius 3 is 3.00 bits per heavy atom. The Balaban J connectivity index is 1.68. The largest absolute Gasteiger partial charge is 0.349 e. The van der Waals surface area contributed by atoms with Gasteiger partial charge in [0.15, 0.2) is 0 Å². The molecule has 0 unspecified atom stereocenters. The molecule has 0 saturated heterocycles. The summed E-state index contributed by atoms with van der Waals surface area (Å²) in [5.41, 5.74) is 2.06. The Morgan fingerprint density at radius 2 is 2.20 bits per heavy atom. The molecule has 2 heterocycles. The zero-order valence-corrected chi connectivity index (χ0v) is 11.8. The maximum absolute atomic E-state index is 12.2. The van der Waals surface area contributed by atoms with Crippen LogP contribution in [0.1, 0.15) is 22.2 Å². The molecule has 0 bridgehead atoms. The lowest BCUT2D eigenvalue weighted by Gasteiger charge is -2.12. The van der Waals surface area contributed by atoms with E-state index in [9.17, 15) is 4.79 Å². The standard InChI is InChI=1S/C14H14N4OS/c1-9(7-11-3-2-6-20-11)15-14(19)10-4-5-12-13(8-10)17-18-16-12/h2-6,8-9H,7H2,1H3,(H,15,19)(H,16,17,18)/t9-/m1/s1. The van der Waals surface area contributed by atoms with E-state index in [-0.39, 0.29) is 11.9 Å². The first kappa shape index (κ1) is 12.8. The van der Waals surface area contributed by atoms with Crippen molar-refractivity contribution in [3.8, 4) is 0 Å². The lowest BCUT2D eigenvalue weighted by molar-refractivity contribution is 0.0940. The normalized spacial score (nSPS) is 12.4. The number of carbonyl (C=O) groups is 1. The summed E-state index contributed by atoms with van der Waals surface area (Å²) in [5, 5.41) is 15.5. The molecule has 0 spiro atoms. The number of hydrogen-bond donors (Lipinski definition) is 2. The number of hydrogen-bond acceptors (Lipinski definition) is 4. The summed E-state index contributed by atoms with van der Waals surface area (Å²) >= 11 is 1.70. The first-order chi connectivity index (χ1) is 9.72. The van der Waals surface area contributed by atoms with Gasteiger partial charge in [-0.15, -0.1) is 11.3 Å². The smallest absolute Gasteiger partial charge is 0.251 e. The average molecular weight is 286 g/mol. The van der Waals surface area contributed by atoms with Gasteiger partial charge in [-0.2, -0.15) is 15.4 Å². The van der Waals surface area contributed by atoms with Crippen molar-refractivity contribution >= 4 is 28.3 Å². The molecule has 0 saturated carbocycles. The summed E-state index contributed by atoms with van der Waals surface area (Å²) in [6, 6.07) is 9.48. The third kappa shape index (κ3) is 2.70. The highest BCUT2D eigenvalue weighted by atomic mass is 32.1. The number of aromatic nitrogens is 3. The Hall–Kier alpha value is -2.21. The Kier molecular flexibility index (Phi) is 3.47. The summed E-state index contributed by atoms with van der Waals surface area (Å²) in [6.07, 6.45) is 0.843. The second-order valence-corrected chi connectivity index (χ2v) is 5.72. The lowest BCUT2D eigenvalue weighted by atomic mass is 10.1. The minimum atomic E-state index is -0.0843. The van der Waals surface area contributed by atoms with Crippen LogP contribution in [0, 0.1) is 0 Å². The Morgan fingerprint density at radius 1 is 1.35 bits per heavy atom. The first-order valence-corrected chi connectivity index (χ1v) is 7.24. The van der Waals surface area contributed by atoms with Gasteiger partial charge in [0.1, 0.15) is 11.0 Å². The van der Waals surface area contributed by atoms with E-state index in [0.717, 1.165) is 11.9 Å². The number of benzene rings is 1. The van der Waals surface area contributed by atoms with Crippen molar-refractivity contribution in [1.29, 1.82) is 0 Å². The highest BCUT2D eigenvalue weighted by molar-refractivity contribution is 7.09. The average Bonchev–Trinajstić information content (AvgIpc) is 3.07. The maximum atomic E-state index is 12.2. The third-order valence-corrected chi connectivity index (χ3v) is 3.94. The number of carbonyl (C=O) groups excluding carboxylic acids is 1. The molecule has 1 aromatic carbocycles. The van der Waals surface area contributed by atoms with Crippen LogP contribution >= 0.6 is 11.3 Å². The van der Waals surface area contributed by atoms with Crippen LogP contribution in [0.25, 0.3) is 11.0 Å². The zero-order valence-electron chi connectivity index (χ0n) is 11.0. The number of nitrogens with zero attached hydrogens (tertiary/aromatic N) is 2. The zero-order chi connectivity index (χ0) is 13.9. The number of amides is 1. The fraction of sp³-hybridized carbons (Fsp3) is 0.214. The quantitative estimate of drug-likeness (QED) is 0.773. The number of aromatic amines is 1. The van der Waals surface area contributed by atoms with Gasteiger partial charge < -0.3 is 5.32 Å². The predicted octanol–water partition coefficient (Wildman–Crippen LogP) is 2.38. The van der Waals surface area contributed by atoms with Crippen LogP contribution in [0.2, 0.25) is 0 Å². The van der Waals surface area contributed by atoms with Crippen LogP contribution < -0.4 is 5.32 Å². The van der Waals surface area contributed by atoms with Gasteiger partial charge in [-0.25, -0.2) is 0 Å². The van der Waals surface area contributed by atoms with E-state index in [1.807, 2.05) is 18.4 Å². The topological polar surface area (TPSA) is 70.7 Å². The minimum Gasteiger partial charge on any atom is -0.349 e. The molecule has 20 heavy (non-hydrogen) atoms.